The number of piperidine rings is 1. The molecule has 1 saturated heterocycles. The van der Waals surface area contributed by atoms with Gasteiger partial charge in [0.15, 0.2) is 0 Å². The van der Waals surface area contributed by atoms with Crippen LogP contribution in [0.25, 0.3) is 0 Å². The smallest absolute Gasteiger partial charge is 0.306 e. The van der Waals surface area contributed by atoms with E-state index in [4.69, 9.17) is 16.7 Å². The van der Waals surface area contributed by atoms with Crippen molar-refractivity contribution in [1.29, 1.82) is 5.26 Å². The Balaban J connectivity index is 1.90. The summed E-state index contributed by atoms with van der Waals surface area (Å²) < 4.78 is 0. The number of nitriles is 1. The number of carboxylic acid groups (broad SMARTS) is 1. The molecule has 1 aromatic carbocycles. The number of nitrogens with zero attached hydrogens (tertiary/aromatic N) is 2. The van der Waals surface area contributed by atoms with Crippen LogP contribution >= 0.6 is 11.6 Å². The number of halogens is 1. The topological polar surface area (TPSA) is 93.4 Å². The quantitative estimate of drug-likeness (QED) is 0.629. The van der Waals surface area contributed by atoms with Gasteiger partial charge in [-0.3, -0.25) is 9.59 Å². The standard InChI is InChI=1S/C17H18ClN3O3/c18-15-3-1-12(2-4-15)10-20-16(22)14(9-19)11-21-7-5-13(6-8-21)17(23)24/h1-4,11,13H,5-8,10H2,(H,20,22)(H,23,24)/b14-11-. The molecule has 0 spiro atoms. The summed E-state index contributed by atoms with van der Waals surface area (Å²) in [6.07, 6.45) is 2.53. The first-order valence-corrected chi connectivity index (χ1v) is 7.99. The molecular weight excluding hydrogens is 330 g/mol. The fraction of sp³-hybridized carbons (Fsp3) is 0.353. The summed E-state index contributed by atoms with van der Waals surface area (Å²) in [7, 11) is 0. The minimum Gasteiger partial charge on any atom is -0.481 e. The SMILES string of the molecule is N#C/C(=C/N1CCC(C(=O)O)CC1)C(=O)NCc1ccc(Cl)cc1. The van der Waals surface area contributed by atoms with Gasteiger partial charge in [0.2, 0.25) is 0 Å². The Morgan fingerprint density at radius 1 is 1.33 bits per heavy atom. The highest BCUT2D eigenvalue weighted by Crippen LogP contribution is 2.18. The van der Waals surface area contributed by atoms with E-state index in [1.165, 1.54) is 6.20 Å². The predicted octanol–water partition coefficient (Wildman–Crippen LogP) is 2.16. The second kappa shape index (κ2) is 8.37. The summed E-state index contributed by atoms with van der Waals surface area (Å²) in [5.41, 5.74) is 0.894. The van der Waals surface area contributed by atoms with Crippen molar-refractivity contribution in [1.82, 2.24) is 10.2 Å². The van der Waals surface area contributed by atoms with Crippen LogP contribution in [0.5, 0.6) is 0 Å². The Kier molecular flexibility index (Phi) is 6.21. The zero-order valence-electron chi connectivity index (χ0n) is 13.0. The summed E-state index contributed by atoms with van der Waals surface area (Å²) >= 11 is 5.80. The Morgan fingerprint density at radius 2 is 1.96 bits per heavy atom. The minimum atomic E-state index is -0.792. The molecule has 1 fully saturated rings. The summed E-state index contributed by atoms with van der Waals surface area (Å²) in [6, 6.07) is 8.97. The van der Waals surface area contributed by atoms with Gasteiger partial charge >= 0.3 is 5.97 Å². The summed E-state index contributed by atoms with van der Waals surface area (Å²) in [5.74, 6) is -1.59. The molecule has 0 saturated carbocycles. The molecule has 2 rings (SSSR count). The number of benzene rings is 1. The van der Waals surface area contributed by atoms with Crippen molar-refractivity contribution in [3.63, 3.8) is 0 Å². The third-order valence-electron chi connectivity index (χ3n) is 3.92. The van der Waals surface area contributed by atoms with Gasteiger partial charge in [-0.15, -0.1) is 0 Å². The molecule has 0 bridgehead atoms. The zero-order valence-corrected chi connectivity index (χ0v) is 13.8. The van der Waals surface area contributed by atoms with Gasteiger partial charge in [-0.05, 0) is 30.5 Å². The number of nitrogens with one attached hydrogen (secondary N) is 1. The molecule has 0 aromatic heterocycles. The Morgan fingerprint density at radius 3 is 2.50 bits per heavy atom. The first-order chi connectivity index (χ1) is 11.5. The van der Waals surface area contributed by atoms with Gasteiger partial charge in [0.1, 0.15) is 11.6 Å². The van der Waals surface area contributed by atoms with Crippen LogP contribution in [0.2, 0.25) is 5.02 Å². The van der Waals surface area contributed by atoms with Crippen LogP contribution in [0.3, 0.4) is 0 Å². The molecule has 0 unspecified atom stereocenters. The van der Waals surface area contributed by atoms with E-state index in [-0.39, 0.29) is 11.5 Å². The van der Waals surface area contributed by atoms with Gasteiger partial charge in [0, 0.05) is 30.9 Å². The van der Waals surface area contributed by atoms with Gasteiger partial charge in [0.25, 0.3) is 5.91 Å². The van der Waals surface area contributed by atoms with E-state index in [0.29, 0.717) is 37.5 Å². The van der Waals surface area contributed by atoms with Crippen LogP contribution < -0.4 is 5.32 Å². The molecule has 0 atom stereocenters. The van der Waals surface area contributed by atoms with Crippen LogP contribution in [0.4, 0.5) is 0 Å². The Hall–Kier alpha value is -2.52. The molecule has 126 valence electrons. The second-order valence-electron chi connectivity index (χ2n) is 5.61. The summed E-state index contributed by atoms with van der Waals surface area (Å²) in [4.78, 5) is 24.9. The number of hydrogen-bond acceptors (Lipinski definition) is 4. The fourth-order valence-corrected chi connectivity index (χ4v) is 2.60. The van der Waals surface area contributed by atoms with Crippen molar-refractivity contribution in [2.45, 2.75) is 19.4 Å². The zero-order chi connectivity index (χ0) is 17.5. The van der Waals surface area contributed by atoms with Crippen LogP contribution in [-0.2, 0) is 16.1 Å². The highest BCUT2D eigenvalue weighted by molar-refractivity contribution is 6.30. The molecule has 1 aromatic rings. The average Bonchev–Trinajstić information content (AvgIpc) is 2.59. The molecule has 24 heavy (non-hydrogen) atoms. The lowest BCUT2D eigenvalue weighted by Gasteiger charge is -2.29. The van der Waals surface area contributed by atoms with E-state index >= 15 is 0 Å². The maximum atomic E-state index is 12.1. The molecule has 1 aliphatic heterocycles. The van der Waals surface area contributed by atoms with E-state index in [0.717, 1.165) is 5.56 Å². The van der Waals surface area contributed by atoms with Gasteiger partial charge in [-0.25, -0.2) is 0 Å². The molecule has 6 nitrogen and oxygen atoms in total. The molecule has 0 aliphatic carbocycles. The highest BCUT2D eigenvalue weighted by Gasteiger charge is 2.23. The van der Waals surface area contributed by atoms with Crippen LogP contribution in [0, 0.1) is 17.2 Å². The number of carbonyl (C=O) groups excluding carboxylic acids is 1. The van der Waals surface area contributed by atoms with E-state index in [1.54, 1.807) is 24.3 Å². The van der Waals surface area contributed by atoms with Gasteiger partial charge in [-0.2, -0.15) is 5.26 Å². The second-order valence-corrected chi connectivity index (χ2v) is 6.05. The third-order valence-corrected chi connectivity index (χ3v) is 4.17. The lowest BCUT2D eigenvalue weighted by molar-refractivity contribution is -0.143. The normalized spacial score (nSPS) is 15.7. The van der Waals surface area contributed by atoms with Gasteiger partial charge in [-0.1, -0.05) is 23.7 Å². The van der Waals surface area contributed by atoms with Crippen LogP contribution in [0.1, 0.15) is 18.4 Å². The van der Waals surface area contributed by atoms with E-state index < -0.39 is 11.9 Å². The lowest BCUT2D eigenvalue weighted by Crippen LogP contribution is -2.34. The van der Waals surface area contributed by atoms with Gasteiger partial charge < -0.3 is 15.3 Å². The van der Waals surface area contributed by atoms with Gasteiger partial charge in [0.05, 0.1) is 5.92 Å². The van der Waals surface area contributed by atoms with Crippen LogP contribution in [-0.4, -0.2) is 35.0 Å². The molecule has 1 amide bonds. The Labute approximate surface area is 145 Å². The van der Waals surface area contributed by atoms with Crippen molar-refractivity contribution in [3.05, 3.63) is 46.6 Å². The van der Waals surface area contributed by atoms with Crippen LogP contribution in [0.15, 0.2) is 36.0 Å². The fourth-order valence-electron chi connectivity index (χ4n) is 2.48. The minimum absolute atomic E-state index is 0.0118. The van der Waals surface area contributed by atoms with E-state index in [9.17, 15) is 14.9 Å². The molecular formula is C17H18ClN3O3. The summed E-state index contributed by atoms with van der Waals surface area (Å²) in [5, 5.41) is 21.5. The first-order valence-electron chi connectivity index (χ1n) is 7.61. The summed E-state index contributed by atoms with van der Waals surface area (Å²) in [6.45, 7) is 1.34. The Bertz CT molecular complexity index is 671. The van der Waals surface area contributed by atoms with Crippen molar-refractivity contribution in [2.75, 3.05) is 13.1 Å². The molecule has 1 aliphatic rings. The number of carbonyl (C=O) groups is 2. The number of hydrogen-bond donors (Lipinski definition) is 2. The highest BCUT2D eigenvalue weighted by atomic mass is 35.5. The number of rotatable bonds is 5. The monoisotopic (exact) mass is 347 g/mol. The van der Waals surface area contributed by atoms with Crippen molar-refractivity contribution >= 4 is 23.5 Å². The molecule has 2 N–H and O–H groups in total. The third kappa shape index (κ3) is 5.00. The number of likely N-dealkylation sites (tertiary alicyclic amines) is 1. The number of aliphatic carboxylic acids is 1. The largest absolute Gasteiger partial charge is 0.481 e. The number of amides is 1. The first kappa shape index (κ1) is 17.8. The molecule has 1 heterocycles. The maximum absolute atomic E-state index is 12.1. The lowest BCUT2D eigenvalue weighted by atomic mass is 9.97. The van der Waals surface area contributed by atoms with Crippen molar-refractivity contribution in [3.8, 4) is 6.07 Å². The maximum Gasteiger partial charge on any atom is 0.306 e. The van der Waals surface area contributed by atoms with E-state index in [1.807, 2.05) is 11.0 Å². The van der Waals surface area contributed by atoms with Crippen molar-refractivity contribution < 1.29 is 14.7 Å². The van der Waals surface area contributed by atoms with Crippen molar-refractivity contribution in [2.24, 2.45) is 5.92 Å². The molecule has 7 heteroatoms. The number of carboxylic acids is 1. The van der Waals surface area contributed by atoms with E-state index in [2.05, 4.69) is 5.32 Å². The molecule has 0 radical (unpaired) electrons. The average molecular weight is 348 g/mol. The predicted molar refractivity (Wildman–Crippen MR) is 88.9 cm³/mol.